The zero-order valence-corrected chi connectivity index (χ0v) is 10.4. The molecule has 0 bridgehead atoms. The number of nitrogens with two attached hydrogens (primary N) is 1. The second-order valence-corrected chi connectivity index (χ2v) is 4.26. The van der Waals surface area contributed by atoms with Crippen LogP contribution in [0, 0.1) is 12.7 Å². The molecular weight excluding hydrogens is 233 g/mol. The van der Waals surface area contributed by atoms with Crippen molar-refractivity contribution in [1.82, 2.24) is 20.2 Å². The van der Waals surface area contributed by atoms with Gasteiger partial charge in [0, 0.05) is 25.4 Å². The second-order valence-electron chi connectivity index (χ2n) is 4.26. The van der Waals surface area contributed by atoms with Crippen LogP contribution in [0.1, 0.15) is 23.0 Å². The maximum atomic E-state index is 13.1. The first kappa shape index (κ1) is 12.7. The standard InChI is InChI=1S/C12H16FN5/c1-8-3-11(18(2)17-8)5-12(16-14)9-4-10(13)7-15-6-9/h3-4,6-7,12,16H,5,14H2,1-2H3. The zero-order chi connectivity index (χ0) is 13.1. The van der Waals surface area contributed by atoms with Crippen LogP contribution in [0.2, 0.25) is 0 Å². The first-order chi connectivity index (χ1) is 8.60. The van der Waals surface area contributed by atoms with Gasteiger partial charge in [0.15, 0.2) is 0 Å². The van der Waals surface area contributed by atoms with Crippen molar-refractivity contribution in [3.05, 3.63) is 47.3 Å². The third-order valence-corrected chi connectivity index (χ3v) is 2.84. The van der Waals surface area contributed by atoms with E-state index in [1.807, 2.05) is 20.0 Å². The third kappa shape index (κ3) is 2.72. The summed E-state index contributed by atoms with van der Waals surface area (Å²) in [4.78, 5) is 3.83. The van der Waals surface area contributed by atoms with Gasteiger partial charge in [0.1, 0.15) is 5.82 Å². The average molecular weight is 249 g/mol. The van der Waals surface area contributed by atoms with Gasteiger partial charge in [0.2, 0.25) is 0 Å². The Morgan fingerprint density at radius 1 is 1.44 bits per heavy atom. The summed E-state index contributed by atoms with van der Waals surface area (Å²) in [5, 5.41) is 4.27. The highest BCUT2D eigenvalue weighted by Gasteiger charge is 2.14. The molecule has 0 saturated carbocycles. The molecule has 2 heterocycles. The number of pyridine rings is 1. The van der Waals surface area contributed by atoms with Crippen molar-refractivity contribution in [3.63, 3.8) is 0 Å². The maximum Gasteiger partial charge on any atom is 0.141 e. The molecule has 6 heteroatoms. The average Bonchev–Trinajstić information content (AvgIpc) is 2.64. The third-order valence-electron chi connectivity index (χ3n) is 2.84. The summed E-state index contributed by atoms with van der Waals surface area (Å²) in [7, 11) is 1.87. The molecule has 0 aromatic carbocycles. The number of hydrogen-bond acceptors (Lipinski definition) is 4. The van der Waals surface area contributed by atoms with Gasteiger partial charge in [0.25, 0.3) is 0 Å². The minimum absolute atomic E-state index is 0.192. The molecule has 2 aromatic rings. The van der Waals surface area contributed by atoms with Gasteiger partial charge < -0.3 is 0 Å². The summed E-state index contributed by atoms with van der Waals surface area (Å²) >= 11 is 0. The Labute approximate surface area is 105 Å². The SMILES string of the molecule is Cc1cc(CC(NN)c2cncc(F)c2)n(C)n1. The van der Waals surface area contributed by atoms with Crippen molar-refractivity contribution < 1.29 is 4.39 Å². The van der Waals surface area contributed by atoms with Crippen LogP contribution in [-0.4, -0.2) is 14.8 Å². The molecule has 1 unspecified atom stereocenters. The predicted molar refractivity (Wildman–Crippen MR) is 65.9 cm³/mol. The monoisotopic (exact) mass is 249 g/mol. The number of aryl methyl sites for hydroxylation is 2. The Morgan fingerprint density at radius 3 is 2.78 bits per heavy atom. The quantitative estimate of drug-likeness (QED) is 0.627. The Balaban J connectivity index is 2.22. The van der Waals surface area contributed by atoms with Crippen molar-refractivity contribution in [1.29, 1.82) is 0 Å². The number of hydrazine groups is 1. The fourth-order valence-corrected chi connectivity index (χ4v) is 1.96. The van der Waals surface area contributed by atoms with E-state index >= 15 is 0 Å². The lowest BCUT2D eigenvalue weighted by molar-refractivity contribution is 0.522. The lowest BCUT2D eigenvalue weighted by atomic mass is 10.0. The summed E-state index contributed by atoms with van der Waals surface area (Å²) in [6.45, 7) is 1.93. The molecule has 0 fully saturated rings. The van der Waals surface area contributed by atoms with E-state index in [0.29, 0.717) is 6.42 Å². The van der Waals surface area contributed by atoms with Crippen molar-refractivity contribution >= 4 is 0 Å². The summed E-state index contributed by atoms with van der Waals surface area (Å²) in [6.07, 6.45) is 3.40. The van der Waals surface area contributed by atoms with Crippen LogP contribution in [0.5, 0.6) is 0 Å². The Bertz CT molecular complexity index is 537. The van der Waals surface area contributed by atoms with E-state index in [0.717, 1.165) is 17.0 Å². The molecule has 0 amide bonds. The molecule has 0 aliphatic rings. The Morgan fingerprint density at radius 2 is 2.22 bits per heavy atom. The van der Waals surface area contributed by atoms with Crippen LogP contribution >= 0.6 is 0 Å². The van der Waals surface area contributed by atoms with Gasteiger partial charge in [0.05, 0.1) is 17.9 Å². The van der Waals surface area contributed by atoms with Gasteiger partial charge in [-0.15, -0.1) is 0 Å². The molecule has 0 radical (unpaired) electrons. The van der Waals surface area contributed by atoms with Crippen molar-refractivity contribution in [3.8, 4) is 0 Å². The van der Waals surface area contributed by atoms with E-state index in [4.69, 9.17) is 5.84 Å². The van der Waals surface area contributed by atoms with Crippen LogP contribution in [0.25, 0.3) is 0 Å². The van der Waals surface area contributed by atoms with Crippen LogP contribution in [0.4, 0.5) is 4.39 Å². The molecular formula is C12H16FN5. The molecule has 0 aliphatic carbocycles. The smallest absolute Gasteiger partial charge is 0.141 e. The second kappa shape index (κ2) is 5.24. The number of hydrogen-bond donors (Lipinski definition) is 2. The lowest BCUT2D eigenvalue weighted by Crippen LogP contribution is -2.30. The van der Waals surface area contributed by atoms with Crippen LogP contribution in [0.3, 0.4) is 0 Å². The summed E-state index contributed by atoms with van der Waals surface area (Å²) in [6, 6.07) is 3.22. The van der Waals surface area contributed by atoms with Gasteiger partial charge in [-0.3, -0.25) is 20.9 Å². The number of nitrogens with zero attached hydrogens (tertiary/aromatic N) is 3. The number of halogens is 1. The molecule has 2 rings (SSSR count). The topological polar surface area (TPSA) is 68.8 Å². The molecule has 5 nitrogen and oxygen atoms in total. The predicted octanol–water partition coefficient (Wildman–Crippen LogP) is 1.01. The number of nitrogens with one attached hydrogen (secondary N) is 1. The highest BCUT2D eigenvalue weighted by molar-refractivity contribution is 5.19. The molecule has 0 spiro atoms. The van der Waals surface area contributed by atoms with E-state index in [1.54, 1.807) is 10.9 Å². The maximum absolute atomic E-state index is 13.1. The molecule has 0 aliphatic heterocycles. The Kier molecular flexibility index (Phi) is 3.69. The minimum Gasteiger partial charge on any atom is -0.272 e. The zero-order valence-electron chi connectivity index (χ0n) is 10.4. The highest BCUT2D eigenvalue weighted by Crippen LogP contribution is 2.18. The summed E-state index contributed by atoms with van der Waals surface area (Å²) < 4.78 is 14.9. The van der Waals surface area contributed by atoms with Gasteiger partial charge in [-0.2, -0.15) is 5.10 Å². The summed E-state index contributed by atoms with van der Waals surface area (Å²) in [5.41, 5.74) is 5.37. The van der Waals surface area contributed by atoms with Crippen molar-refractivity contribution in [2.75, 3.05) is 0 Å². The lowest BCUT2D eigenvalue weighted by Gasteiger charge is -2.15. The number of rotatable bonds is 4. The molecule has 1 atom stereocenters. The van der Waals surface area contributed by atoms with Crippen molar-refractivity contribution in [2.45, 2.75) is 19.4 Å². The summed E-state index contributed by atoms with van der Waals surface area (Å²) in [5.74, 6) is 5.16. The van der Waals surface area contributed by atoms with E-state index < -0.39 is 0 Å². The normalized spacial score (nSPS) is 12.7. The number of aromatic nitrogens is 3. The van der Waals surface area contributed by atoms with Gasteiger partial charge >= 0.3 is 0 Å². The molecule has 3 N–H and O–H groups in total. The van der Waals surface area contributed by atoms with Crippen LogP contribution < -0.4 is 11.3 Å². The highest BCUT2D eigenvalue weighted by atomic mass is 19.1. The fourth-order valence-electron chi connectivity index (χ4n) is 1.96. The van der Waals surface area contributed by atoms with E-state index in [-0.39, 0.29) is 11.9 Å². The van der Waals surface area contributed by atoms with E-state index in [2.05, 4.69) is 15.5 Å². The molecule has 0 saturated heterocycles. The molecule has 18 heavy (non-hydrogen) atoms. The molecule has 96 valence electrons. The van der Waals surface area contributed by atoms with Gasteiger partial charge in [-0.1, -0.05) is 0 Å². The molecule has 2 aromatic heterocycles. The largest absolute Gasteiger partial charge is 0.272 e. The van der Waals surface area contributed by atoms with Gasteiger partial charge in [-0.05, 0) is 24.6 Å². The first-order valence-electron chi connectivity index (χ1n) is 5.66. The van der Waals surface area contributed by atoms with Crippen LogP contribution in [-0.2, 0) is 13.5 Å². The first-order valence-corrected chi connectivity index (χ1v) is 5.66. The minimum atomic E-state index is -0.367. The van der Waals surface area contributed by atoms with Gasteiger partial charge in [-0.25, -0.2) is 4.39 Å². The van der Waals surface area contributed by atoms with E-state index in [1.165, 1.54) is 12.3 Å². The van der Waals surface area contributed by atoms with Crippen molar-refractivity contribution in [2.24, 2.45) is 12.9 Å². The fraction of sp³-hybridized carbons (Fsp3) is 0.333. The van der Waals surface area contributed by atoms with Crippen LogP contribution in [0.15, 0.2) is 24.5 Å². The van der Waals surface area contributed by atoms with E-state index in [9.17, 15) is 4.39 Å². The Hall–Kier alpha value is -1.79.